The molecule has 0 unspecified atom stereocenters. The minimum Gasteiger partial charge on any atom is -0.436 e. The summed E-state index contributed by atoms with van der Waals surface area (Å²) in [5.41, 5.74) is 0.965. The Hall–Kier alpha value is -2.17. The summed E-state index contributed by atoms with van der Waals surface area (Å²) in [7, 11) is 0. The molecule has 1 aromatic heterocycles. The summed E-state index contributed by atoms with van der Waals surface area (Å²) in [5.74, 6) is 1.13. The van der Waals surface area contributed by atoms with Crippen molar-refractivity contribution in [3.63, 3.8) is 0 Å². The Labute approximate surface area is 102 Å². The summed E-state index contributed by atoms with van der Waals surface area (Å²) < 4.78 is 5.39. The molecule has 0 saturated heterocycles. The number of nitrogens with one attached hydrogen (secondary N) is 1. The van der Waals surface area contributed by atoms with Crippen molar-refractivity contribution in [3.05, 3.63) is 35.0 Å². The number of carbonyl (C=O) groups excluding carboxylic acids is 2. The topological polar surface area (TPSA) is 84.9 Å². The van der Waals surface area contributed by atoms with Gasteiger partial charge in [-0.15, -0.1) is 5.10 Å². The van der Waals surface area contributed by atoms with E-state index in [1.165, 1.54) is 6.20 Å². The van der Waals surface area contributed by atoms with E-state index in [1.54, 1.807) is 12.1 Å². The second-order valence-electron chi connectivity index (χ2n) is 2.90. The van der Waals surface area contributed by atoms with Crippen molar-refractivity contribution in [2.75, 3.05) is 0 Å². The molecule has 1 N–H and O–H groups in total. The van der Waals surface area contributed by atoms with Gasteiger partial charge in [-0.1, -0.05) is 11.6 Å². The van der Waals surface area contributed by atoms with E-state index in [4.69, 9.17) is 25.9 Å². The molecule has 0 aliphatic heterocycles. The Morgan fingerprint density at radius 3 is 2.65 bits per heavy atom. The van der Waals surface area contributed by atoms with Gasteiger partial charge in [-0.25, -0.2) is 0 Å². The molecule has 0 aliphatic rings. The predicted molar refractivity (Wildman–Crippen MR) is 57.7 cm³/mol. The van der Waals surface area contributed by atoms with Gasteiger partial charge in [-0.05, 0) is 30.7 Å². The van der Waals surface area contributed by atoms with E-state index in [9.17, 15) is 0 Å². The quantitative estimate of drug-likeness (QED) is 0.884. The van der Waals surface area contributed by atoms with E-state index in [0.29, 0.717) is 11.6 Å². The zero-order chi connectivity index (χ0) is 12.7. The maximum absolute atomic E-state index is 8.12. The first-order valence-electron chi connectivity index (χ1n) is 4.46. The monoisotopic (exact) mass is 253 g/mol. The van der Waals surface area contributed by atoms with Gasteiger partial charge >= 0.3 is 6.15 Å². The van der Waals surface area contributed by atoms with Gasteiger partial charge < -0.3 is 4.74 Å². The minimum absolute atomic E-state index is 0.250. The van der Waals surface area contributed by atoms with Crippen molar-refractivity contribution in [1.29, 1.82) is 0 Å². The zero-order valence-corrected chi connectivity index (χ0v) is 9.56. The average molecular weight is 254 g/mol. The molecule has 0 atom stereocenters. The molecule has 0 aliphatic carbocycles. The molecule has 7 heteroatoms. The van der Waals surface area contributed by atoms with Crippen LogP contribution in [-0.4, -0.2) is 21.6 Å². The molecule has 2 aromatic rings. The third-order valence-electron chi connectivity index (χ3n) is 1.74. The molecule has 0 amide bonds. The van der Waals surface area contributed by atoms with E-state index < -0.39 is 0 Å². The van der Waals surface area contributed by atoms with E-state index in [-0.39, 0.29) is 6.15 Å². The smallest absolute Gasteiger partial charge is 0.373 e. The number of aromatic nitrogens is 3. The van der Waals surface area contributed by atoms with E-state index in [2.05, 4.69) is 15.4 Å². The Morgan fingerprint density at radius 2 is 2.12 bits per heavy atom. The van der Waals surface area contributed by atoms with Gasteiger partial charge in [0.15, 0.2) is 0 Å². The molecule has 6 nitrogen and oxygen atoms in total. The normalized spacial score (nSPS) is 8.82. The summed E-state index contributed by atoms with van der Waals surface area (Å²) in [6.45, 7) is 1.91. The highest BCUT2D eigenvalue weighted by molar-refractivity contribution is 6.31. The fourth-order valence-corrected chi connectivity index (χ4v) is 1.16. The Kier molecular flexibility index (Phi) is 4.87. The lowest BCUT2D eigenvalue weighted by molar-refractivity contribution is -0.191. The molecule has 0 saturated carbocycles. The first-order valence-corrected chi connectivity index (χ1v) is 4.84. The number of hydrogen-bond donors (Lipinski definition) is 1. The SMILES string of the molecule is Cc1cc(Oc2cn[nH]n2)ccc1Cl.O=C=O. The van der Waals surface area contributed by atoms with Crippen LogP contribution in [0.4, 0.5) is 0 Å². The summed E-state index contributed by atoms with van der Waals surface area (Å²) in [5, 5.41) is 10.6. The molecule has 1 heterocycles. The Balaban J connectivity index is 0.000000437. The van der Waals surface area contributed by atoms with Crippen LogP contribution in [0.15, 0.2) is 24.4 Å². The zero-order valence-electron chi connectivity index (χ0n) is 8.81. The van der Waals surface area contributed by atoms with E-state index in [1.807, 2.05) is 13.0 Å². The number of rotatable bonds is 2. The predicted octanol–water partition coefficient (Wildman–Crippen LogP) is 1.98. The van der Waals surface area contributed by atoms with Crippen molar-refractivity contribution in [3.8, 4) is 11.6 Å². The van der Waals surface area contributed by atoms with E-state index in [0.717, 1.165) is 10.6 Å². The number of nitrogens with zero attached hydrogens (tertiary/aromatic N) is 2. The van der Waals surface area contributed by atoms with Crippen LogP contribution in [0.25, 0.3) is 0 Å². The molecular weight excluding hydrogens is 246 g/mol. The standard InChI is InChI=1S/C9H8ClN3O.CO2/c1-6-4-7(2-3-8(6)10)14-9-5-11-13-12-9;2-1-3/h2-5H,1H3,(H,11,12,13);. The van der Waals surface area contributed by atoms with Crippen molar-refractivity contribution in [2.45, 2.75) is 6.92 Å². The Morgan fingerprint density at radius 1 is 1.41 bits per heavy atom. The van der Waals surface area contributed by atoms with Crippen LogP contribution < -0.4 is 4.74 Å². The summed E-state index contributed by atoms with van der Waals surface area (Å²) in [6.07, 6.45) is 1.75. The summed E-state index contributed by atoms with van der Waals surface area (Å²) >= 11 is 5.87. The summed E-state index contributed by atoms with van der Waals surface area (Å²) in [4.78, 5) is 16.2. The van der Waals surface area contributed by atoms with Gasteiger partial charge in [-0.2, -0.15) is 19.9 Å². The van der Waals surface area contributed by atoms with Crippen LogP contribution in [0.5, 0.6) is 11.6 Å². The first-order chi connectivity index (χ1) is 8.17. The third-order valence-corrected chi connectivity index (χ3v) is 2.17. The molecular formula is C10H8ClN3O3. The number of halogens is 1. The first kappa shape index (κ1) is 12.9. The second-order valence-corrected chi connectivity index (χ2v) is 3.31. The van der Waals surface area contributed by atoms with Crippen molar-refractivity contribution < 1.29 is 14.3 Å². The number of benzene rings is 1. The van der Waals surface area contributed by atoms with Gasteiger partial charge in [-0.3, -0.25) is 0 Å². The number of aryl methyl sites for hydroxylation is 1. The van der Waals surface area contributed by atoms with E-state index >= 15 is 0 Å². The maximum Gasteiger partial charge on any atom is 0.373 e. The van der Waals surface area contributed by atoms with Crippen LogP contribution in [0.3, 0.4) is 0 Å². The number of hydrogen-bond acceptors (Lipinski definition) is 5. The highest BCUT2D eigenvalue weighted by Crippen LogP contribution is 2.23. The van der Waals surface area contributed by atoms with Crippen LogP contribution >= 0.6 is 11.6 Å². The molecule has 2 rings (SSSR count). The van der Waals surface area contributed by atoms with Crippen LogP contribution in [0, 0.1) is 6.92 Å². The van der Waals surface area contributed by atoms with Gasteiger partial charge in [0.1, 0.15) is 11.9 Å². The lowest BCUT2D eigenvalue weighted by Crippen LogP contribution is -1.85. The lowest BCUT2D eigenvalue weighted by Gasteiger charge is -2.03. The highest BCUT2D eigenvalue weighted by atomic mass is 35.5. The maximum atomic E-state index is 8.12. The second kappa shape index (κ2) is 6.42. The fraction of sp³-hybridized carbons (Fsp3) is 0.100. The van der Waals surface area contributed by atoms with Gasteiger partial charge in [0.2, 0.25) is 0 Å². The molecule has 0 bridgehead atoms. The number of ether oxygens (including phenoxy) is 1. The summed E-state index contributed by atoms with van der Waals surface area (Å²) in [6, 6.07) is 5.41. The van der Waals surface area contributed by atoms with Crippen molar-refractivity contribution in [2.24, 2.45) is 0 Å². The highest BCUT2D eigenvalue weighted by Gasteiger charge is 2.01. The van der Waals surface area contributed by atoms with Crippen molar-refractivity contribution in [1.82, 2.24) is 15.4 Å². The lowest BCUT2D eigenvalue weighted by atomic mass is 10.2. The number of aromatic amines is 1. The van der Waals surface area contributed by atoms with Crippen molar-refractivity contribution >= 4 is 17.8 Å². The van der Waals surface area contributed by atoms with Crippen LogP contribution in [0.1, 0.15) is 5.56 Å². The molecule has 1 aromatic carbocycles. The van der Waals surface area contributed by atoms with Crippen LogP contribution in [0.2, 0.25) is 5.02 Å². The molecule has 0 radical (unpaired) electrons. The molecule has 17 heavy (non-hydrogen) atoms. The molecule has 0 spiro atoms. The third kappa shape index (κ3) is 4.06. The largest absolute Gasteiger partial charge is 0.436 e. The molecule has 0 fully saturated rings. The molecule has 88 valence electrons. The van der Waals surface area contributed by atoms with Gasteiger partial charge in [0.25, 0.3) is 5.88 Å². The Bertz CT molecular complexity index is 508. The fourth-order valence-electron chi connectivity index (χ4n) is 1.04. The van der Waals surface area contributed by atoms with Gasteiger partial charge in [0.05, 0.1) is 0 Å². The van der Waals surface area contributed by atoms with Gasteiger partial charge in [0, 0.05) is 5.02 Å². The average Bonchev–Trinajstić information content (AvgIpc) is 2.77. The van der Waals surface area contributed by atoms with Crippen LogP contribution in [-0.2, 0) is 9.59 Å². The number of H-pyrrole nitrogens is 1. The minimum atomic E-state index is 0.250.